The minimum Gasteiger partial charge on any atom is -0.455 e. The van der Waals surface area contributed by atoms with E-state index < -0.39 is 0 Å². The monoisotopic (exact) mass is 278 g/mol. The first kappa shape index (κ1) is 13.6. The largest absolute Gasteiger partial charge is 0.455 e. The number of nitrogens with zero attached hydrogens (tertiary/aromatic N) is 1. The Labute approximate surface area is 124 Å². The lowest BCUT2D eigenvalue weighted by Crippen LogP contribution is -2.09. The van der Waals surface area contributed by atoms with Crippen molar-refractivity contribution < 1.29 is 4.74 Å². The van der Waals surface area contributed by atoms with Crippen molar-refractivity contribution in [2.45, 2.75) is 19.4 Å². The van der Waals surface area contributed by atoms with Crippen LogP contribution in [-0.2, 0) is 0 Å². The molecular formula is C18H18N2O. The Kier molecular flexibility index (Phi) is 3.84. The summed E-state index contributed by atoms with van der Waals surface area (Å²) in [6.07, 6.45) is 2.62. The molecule has 0 amide bonds. The van der Waals surface area contributed by atoms with E-state index in [0.29, 0.717) is 0 Å². The molecule has 0 spiro atoms. The molecule has 1 atom stereocenters. The molecule has 2 aromatic carbocycles. The Balaban J connectivity index is 1.95. The topological polar surface area (TPSA) is 48.1 Å². The van der Waals surface area contributed by atoms with Crippen LogP contribution in [0.2, 0.25) is 0 Å². The lowest BCUT2D eigenvalue weighted by molar-refractivity contribution is 0.467. The maximum atomic E-state index is 6.14. The molecule has 0 fully saturated rings. The molecule has 0 aliphatic heterocycles. The van der Waals surface area contributed by atoms with Crippen LogP contribution in [0.15, 0.2) is 60.8 Å². The van der Waals surface area contributed by atoms with E-state index in [9.17, 15) is 0 Å². The third-order valence-electron chi connectivity index (χ3n) is 3.55. The number of hydrogen-bond acceptors (Lipinski definition) is 3. The van der Waals surface area contributed by atoms with Crippen LogP contribution < -0.4 is 10.5 Å². The van der Waals surface area contributed by atoms with E-state index in [-0.39, 0.29) is 6.04 Å². The minimum absolute atomic E-state index is 0.0189. The maximum absolute atomic E-state index is 6.14. The number of fused-ring (bicyclic) bond motifs is 1. The normalized spacial score (nSPS) is 12.3. The molecule has 0 aliphatic carbocycles. The fraction of sp³-hybridized carbons (Fsp3) is 0.167. The van der Waals surface area contributed by atoms with Crippen molar-refractivity contribution >= 4 is 10.9 Å². The van der Waals surface area contributed by atoms with Gasteiger partial charge in [0.15, 0.2) is 0 Å². The SMILES string of the molecule is CC[C@H](N)c1ccccc1Oc1cnc2ccccc2c1. The van der Waals surface area contributed by atoms with Crippen LogP contribution in [0.5, 0.6) is 11.5 Å². The van der Waals surface area contributed by atoms with Crippen molar-refractivity contribution in [3.8, 4) is 11.5 Å². The molecule has 2 N–H and O–H groups in total. The van der Waals surface area contributed by atoms with Gasteiger partial charge >= 0.3 is 0 Å². The van der Waals surface area contributed by atoms with Gasteiger partial charge in [-0.25, -0.2) is 0 Å². The second-order valence-electron chi connectivity index (χ2n) is 5.02. The lowest BCUT2D eigenvalue weighted by Gasteiger charge is -2.15. The van der Waals surface area contributed by atoms with Crippen molar-refractivity contribution in [3.05, 3.63) is 66.4 Å². The fourth-order valence-electron chi connectivity index (χ4n) is 2.33. The van der Waals surface area contributed by atoms with Gasteiger partial charge in [-0.1, -0.05) is 43.3 Å². The van der Waals surface area contributed by atoms with Crippen LogP contribution in [0.3, 0.4) is 0 Å². The zero-order valence-corrected chi connectivity index (χ0v) is 12.0. The summed E-state index contributed by atoms with van der Waals surface area (Å²) < 4.78 is 6.00. The first-order valence-corrected chi connectivity index (χ1v) is 7.15. The van der Waals surface area contributed by atoms with Gasteiger partial charge < -0.3 is 10.5 Å². The van der Waals surface area contributed by atoms with Gasteiger partial charge in [0.1, 0.15) is 11.5 Å². The van der Waals surface area contributed by atoms with Crippen LogP contribution in [0.4, 0.5) is 0 Å². The molecule has 0 radical (unpaired) electrons. The number of para-hydroxylation sites is 2. The molecule has 0 unspecified atom stereocenters. The van der Waals surface area contributed by atoms with Gasteiger partial charge in [0.25, 0.3) is 0 Å². The quantitative estimate of drug-likeness (QED) is 0.767. The van der Waals surface area contributed by atoms with E-state index >= 15 is 0 Å². The predicted molar refractivity (Wildman–Crippen MR) is 85.5 cm³/mol. The molecule has 3 aromatic rings. The molecule has 106 valence electrons. The summed E-state index contributed by atoms with van der Waals surface area (Å²) in [4.78, 5) is 4.42. The smallest absolute Gasteiger partial charge is 0.146 e. The summed E-state index contributed by atoms with van der Waals surface area (Å²) in [5.41, 5.74) is 8.13. The zero-order chi connectivity index (χ0) is 14.7. The average molecular weight is 278 g/mol. The van der Waals surface area contributed by atoms with E-state index in [1.165, 1.54) is 0 Å². The summed E-state index contributed by atoms with van der Waals surface area (Å²) in [5, 5.41) is 1.06. The van der Waals surface area contributed by atoms with Crippen molar-refractivity contribution in [3.63, 3.8) is 0 Å². The Morgan fingerprint density at radius 3 is 2.71 bits per heavy atom. The third kappa shape index (κ3) is 2.88. The lowest BCUT2D eigenvalue weighted by atomic mass is 10.0. The second kappa shape index (κ2) is 5.94. The van der Waals surface area contributed by atoms with E-state index in [4.69, 9.17) is 10.5 Å². The first-order valence-electron chi connectivity index (χ1n) is 7.15. The van der Waals surface area contributed by atoms with Crippen molar-refractivity contribution in [1.29, 1.82) is 0 Å². The minimum atomic E-state index is -0.0189. The van der Waals surface area contributed by atoms with E-state index in [2.05, 4.69) is 11.9 Å². The van der Waals surface area contributed by atoms with Gasteiger partial charge in [-0.3, -0.25) is 4.98 Å². The summed E-state index contributed by atoms with van der Waals surface area (Å²) >= 11 is 0. The van der Waals surface area contributed by atoms with Crippen molar-refractivity contribution in [1.82, 2.24) is 4.98 Å². The van der Waals surface area contributed by atoms with Gasteiger partial charge in [0, 0.05) is 17.0 Å². The molecule has 0 saturated carbocycles. The Morgan fingerprint density at radius 1 is 1.10 bits per heavy atom. The third-order valence-corrected chi connectivity index (χ3v) is 3.55. The zero-order valence-electron chi connectivity index (χ0n) is 12.0. The van der Waals surface area contributed by atoms with Gasteiger partial charge in [-0.2, -0.15) is 0 Å². The van der Waals surface area contributed by atoms with E-state index in [1.807, 2.05) is 54.6 Å². The van der Waals surface area contributed by atoms with Gasteiger partial charge in [0.2, 0.25) is 0 Å². The molecule has 1 heterocycles. The Bertz CT molecular complexity index is 755. The average Bonchev–Trinajstić information content (AvgIpc) is 2.54. The number of hydrogen-bond donors (Lipinski definition) is 1. The first-order chi connectivity index (χ1) is 10.3. The number of rotatable bonds is 4. The highest BCUT2D eigenvalue weighted by Crippen LogP contribution is 2.30. The summed E-state index contributed by atoms with van der Waals surface area (Å²) in [6.45, 7) is 2.07. The Morgan fingerprint density at radius 2 is 1.86 bits per heavy atom. The van der Waals surface area contributed by atoms with Crippen LogP contribution in [0.25, 0.3) is 10.9 Å². The number of benzene rings is 2. The highest BCUT2D eigenvalue weighted by atomic mass is 16.5. The number of ether oxygens (including phenoxy) is 1. The van der Waals surface area contributed by atoms with Gasteiger partial charge in [-0.15, -0.1) is 0 Å². The Hall–Kier alpha value is -2.39. The van der Waals surface area contributed by atoms with Gasteiger partial charge in [-0.05, 0) is 24.6 Å². The highest BCUT2D eigenvalue weighted by Gasteiger charge is 2.11. The van der Waals surface area contributed by atoms with Gasteiger partial charge in [0.05, 0.1) is 11.7 Å². The molecule has 1 aromatic heterocycles. The second-order valence-corrected chi connectivity index (χ2v) is 5.02. The van der Waals surface area contributed by atoms with Crippen molar-refractivity contribution in [2.24, 2.45) is 5.73 Å². The van der Waals surface area contributed by atoms with Crippen LogP contribution >= 0.6 is 0 Å². The van der Waals surface area contributed by atoms with E-state index in [1.54, 1.807) is 6.20 Å². The summed E-state index contributed by atoms with van der Waals surface area (Å²) in [7, 11) is 0. The number of aromatic nitrogens is 1. The molecule has 3 nitrogen and oxygen atoms in total. The summed E-state index contributed by atoms with van der Waals surface area (Å²) in [6, 6.07) is 17.9. The molecular weight excluding hydrogens is 260 g/mol. The molecule has 3 heteroatoms. The molecule has 0 aliphatic rings. The number of pyridine rings is 1. The molecule has 0 saturated heterocycles. The standard InChI is InChI=1S/C18H18N2O/c1-2-16(19)15-8-4-6-10-18(15)21-14-11-13-7-3-5-9-17(13)20-12-14/h3-12,16H,2,19H2,1H3/t16-/m0/s1. The van der Waals surface area contributed by atoms with Crippen molar-refractivity contribution in [2.75, 3.05) is 0 Å². The predicted octanol–water partition coefficient (Wildman–Crippen LogP) is 4.44. The maximum Gasteiger partial charge on any atom is 0.146 e. The highest BCUT2D eigenvalue weighted by molar-refractivity contribution is 5.79. The van der Waals surface area contributed by atoms with Crippen LogP contribution in [0.1, 0.15) is 24.9 Å². The van der Waals surface area contributed by atoms with Crippen LogP contribution in [-0.4, -0.2) is 4.98 Å². The number of nitrogens with two attached hydrogens (primary N) is 1. The summed E-state index contributed by atoms with van der Waals surface area (Å²) in [5.74, 6) is 1.52. The molecule has 21 heavy (non-hydrogen) atoms. The molecule has 0 bridgehead atoms. The fourth-order valence-corrected chi connectivity index (χ4v) is 2.33. The molecule has 3 rings (SSSR count). The van der Waals surface area contributed by atoms with Crippen LogP contribution in [0, 0.1) is 0 Å². The van der Waals surface area contributed by atoms with E-state index in [0.717, 1.165) is 34.4 Å².